The summed E-state index contributed by atoms with van der Waals surface area (Å²) < 4.78 is 5.03. The van der Waals surface area contributed by atoms with Crippen molar-refractivity contribution in [3.05, 3.63) is 28.8 Å². The number of rotatable bonds is 7. The summed E-state index contributed by atoms with van der Waals surface area (Å²) in [5.41, 5.74) is 5.75. The summed E-state index contributed by atoms with van der Waals surface area (Å²) in [5, 5.41) is 12.0. The van der Waals surface area contributed by atoms with Gasteiger partial charge in [-0.25, -0.2) is 0 Å². The smallest absolute Gasteiger partial charge is 0.248 e. The van der Waals surface area contributed by atoms with E-state index in [1.807, 2.05) is 6.07 Å². The number of amides is 2. The molecule has 2 amide bonds. The zero-order valence-corrected chi connectivity index (χ0v) is 11.8. The molecule has 1 aromatic carbocycles. The van der Waals surface area contributed by atoms with Crippen LogP contribution < -0.4 is 15.8 Å². The van der Waals surface area contributed by atoms with Gasteiger partial charge in [-0.3, -0.25) is 9.59 Å². The maximum atomic E-state index is 11.5. The highest BCUT2D eigenvalue weighted by atomic mass is 35.5. The van der Waals surface area contributed by atoms with Gasteiger partial charge >= 0.3 is 0 Å². The molecule has 1 rings (SSSR count). The summed E-state index contributed by atoms with van der Waals surface area (Å²) >= 11 is 5.97. The molecule has 1 aromatic rings. The van der Waals surface area contributed by atoms with E-state index in [1.165, 1.54) is 7.11 Å². The number of nitrogens with two attached hydrogens (primary N) is 1. The first-order valence-corrected chi connectivity index (χ1v) is 6.38. The molecule has 7 heteroatoms. The van der Waals surface area contributed by atoms with Gasteiger partial charge in [0.25, 0.3) is 0 Å². The Labute approximate surface area is 121 Å². The highest BCUT2D eigenvalue weighted by molar-refractivity contribution is 6.32. The summed E-state index contributed by atoms with van der Waals surface area (Å²) in [5.74, 6) is -0.575. The molecule has 0 saturated carbocycles. The molecule has 0 aliphatic heterocycles. The number of carbonyl (C=O) groups is 2. The highest BCUT2D eigenvalue weighted by Crippen LogP contribution is 2.25. The van der Waals surface area contributed by atoms with Crippen molar-refractivity contribution < 1.29 is 19.4 Å². The monoisotopic (exact) mass is 300 g/mol. The predicted molar refractivity (Wildman–Crippen MR) is 74.5 cm³/mol. The van der Waals surface area contributed by atoms with E-state index in [9.17, 15) is 9.59 Å². The molecular formula is C13H17ClN2O4. The van der Waals surface area contributed by atoms with Crippen molar-refractivity contribution in [2.75, 3.05) is 13.7 Å². The summed E-state index contributed by atoms with van der Waals surface area (Å²) in [6.45, 7) is -0.183. The average molecular weight is 301 g/mol. The molecular weight excluding hydrogens is 284 g/mol. The quantitative estimate of drug-likeness (QED) is 0.671. The molecule has 0 radical (unpaired) electrons. The first-order chi connectivity index (χ1) is 9.43. The minimum absolute atomic E-state index is 0.183. The number of aryl methyl sites for hydroxylation is 1. The van der Waals surface area contributed by atoms with Crippen molar-refractivity contribution in [2.24, 2.45) is 5.73 Å². The minimum atomic E-state index is -1.37. The van der Waals surface area contributed by atoms with E-state index < -0.39 is 12.0 Å². The number of halogens is 1. The van der Waals surface area contributed by atoms with Gasteiger partial charge in [-0.05, 0) is 24.1 Å². The van der Waals surface area contributed by atoms with Crippen LogP contribution in [-0.4, -0.2) is 36.7 Å². The average Bonchev–Trinajstić information content (AvgIpc) is 2.42. The Morgan fingerprint density at radius 3 is 2.75 bits per heavy atom. The number of hydrogen-bond donors (Lipinski definition) is 3. The molecule has 0 aliphatic carbocycles. The summed E-state index contributed by atoms with van der Waals surface area (Å²) in [6.07, 6.45) is -0.662. The highest BCUT2D eigenvalue weighted by Gasteiger charge is 2.12. The number of nitrogens with one attached hydrogen (secondary N) is 1. The van der Waals surface area contributed by atoms with Gasteiger partial charge in [-0.1, -0.05) is 17.7 Å². The molecule has 110 valence electrons. The fourth-order valence-corrected chi connectivity index (χ4v) is 1.80. The van der Waals surface area contributed by atoms with Crippen LogP contribution in [0.3, 0.4) is 0 Å². The number of aliphatic hydroxyl groups is 1. The van der Waals surface area contributed by atoms with Crippen molar-refractivity contribution in [1.29, 1.82) is 0 Å². The van der Waals surface area contributed by atoms with E-state index in [4.69, 9.17) is 27.2 Å². The third-order valence-electron chi connectivity index (χ3n) is 2.68. The van der Waals surface area contributed by atoms with E-state index in [1.54, 1.807) is 12.1 Å². The van der Waals surface area contributed by atoms with Crippen LogP contribution in [0.25, 0.3) is 0 Å². The number of benzene rings is 1. The van der Waals surface area contributed by atoms with Crippen LogP contribution in [0, 0.1) is 0 Å². The third kappa shape index (κ3) is 5.07. The molecule has 4 N–H and O–H groups in total. The summed E-state index contributed by atoms with van der Waals surface area (Å²) in [4.78, 5) is 22.1. The Hall–Kier alpha value is -1.79. The number of ether oxygens (including phenoxy) is 1. The van der Waals surface area contributed by atoms with Crippen LogP contribution in [0.1, 0.15) is 12.0 Å². The Morgan fingerprint density at radius 1 is 1.50 bits per heavy atom. The Balaban J connectivity index is 2.41. The van der Waals surface area contributed by atoms with Crippen molar-refractivity contribution in [1.82, 2.24) is 5.32 Å². The molecule has 0 aromatic heterocycles. The van der Waals surface area contributed by atoms with E-state index in [0.717, 1.165) is 5.56 Å². The van der Waals surface area contributed by atoms with Crippen molar-refractivity contribution >= 4 is 23.4 Å². The fraction of sp³-hybridized carbons (Fsp3) is 0.385. The number of primary amides is 1. The fourth-order valence-electron chi connectivity index (χ4n) is 1.52. The van der Waals surface area contributed by atoms with Crippen LogP contribution in [0.4, 0.5) is 0 Å². The van der Waals surface area contributed by atoms with Gasteiger partial charge in [0.2, 0.25) is 11.8 Å². The van der Waals surface area contributed by atoms with E-state index in [-0.39, 0.29) is 18.9 Å². The minimum Gasteiger partial charge on any atom is -0.495 e. The number of hydrogen-bond acceptors (Lipinski definition) is 4. The summed E-state index contributed by atoms with van der Waals surface area (Å²) in [6, 6.07) is 5.27. The van der Waals surface area contributed by atoms with Crippen molar-refractivity contribution in [2.45, 2.75) is 18.9 Å². The van der Waals surface area contributed by atoms with Crippen LogP contribution >= 0.6 is 11.6 Å². The predicted octanol–water partition coefficient (Wildman–Crippen LogP) is 0.244. The largest absolute Gasteiger partial charge is 0.495 e. The lowest BCUT2D eigenvalue weighted by atomic mass is 10.1. The Kier molecular flexibility index (Phi) is 6.27. The normalized spacial score (nSPS) is 11.8. The van der Waals surface area contributed by atoms with Crippen LogP contribution in [0.15, 0.2) is 18.2 Å². The molecule has 0 aliphatic rings. The van der Waals surface area contributed by atoms with Gasteiger partial charge < -0.3 is 20.9 Å². The SMILES string of the molecule is COc1ccc(CCC(=O)NCC(O)C(N)=O)cc1Cl. The van der Waals surface area contributed by atoms with Crippen LogP contribution in [-0.2, 0) is 16.0 Å². The molecule has 0 fully saturated rings. The van der Waals surface area contributed by atoms with E-state index >= 15 is 0 Å². The first-order valence-electron chi connectivity index (χ1n) is 6.00. The van der Waals surface area contributed by atoms with Gasteiger partial charge in [-0.15, -0.1) is 0 Å². The lowest BCUT2D eigenvalue weighted by Gasteiger charge is -2.09. The van der Waals surface area contributed by atoms with Gasteiger partial charge in [0.05, 0.1) is 18.7 Å². The molecule has 0 heterocycles. The molecule has 0 bridgehead atoms. The van der Waals surface area contributed by atoms with Crippen molar-refractivity contribution in [3.63, 3.8) is 0 Å². The Morgan fingerprint density at radius 2 is 2.20 bits per heavy atom. The zero-order valence-electron chi connectivity index (χ0n) is 11.1. The van der Waals surface area contributed by atoms with Crippen LogP contribution in [0.2, 0.25) is 5.02 Å². The van der Waals surface area contributed by atoms with Gasteiger partial charge in [0, 0.05) is 6.42 Å². The molecule has 6 nitrogen and oxygen atoms in total. The number of aliphatic hydroxyl groups excluding tert-OH is 1. The second-order valence-corrected chi connectivity index (χ2v) is 4.60. The second-order valence-electron chi connectivity index (χ2n) is 4.19. The van der Waals surface area contributed by atoms with E-state index in [0.29, 0.717) is 17.2 Å². The lowest BCUT2D eigenvalue weighted by Crippen LogP contribution is -2.40. The molecule has 20 heavy (non-hydrogen) atoms. The van der Waals surface area contributed by atoms with Gasteiger partial charge in [0.1, 0.15) is 11.9 Å². The van der Waals surface area contributed by atoms with E-state index in [2.05, 4.69) is 5.32 Å². The molecule has 0 spiro atoms. The first kappa shape index (κ1) is 16.3. The topological polar surface area (TPSA) is 102 Å². The molecule has 1 unspecified atom stereocenters. The maximum absolute atomic E-state index is 11.5. The molecule has 0 saturated heterocycles. The number of carbonyl (C=O) groups excluding carboxylic acids is 2. The van der Waals surface area contributed by atoms with Crippen LogP contribution in [0.5, 0.6) is 5.75 Å². The van der Waals surface area contributed by atoms with Gasteiger partial charge in [0.15, 0.2) is 0 Å². The number of methoxy groups -OCH3 is 1. The zero-order chi connectivity index (χ0) is 15.1. The maximum Gasteiger partial charge on any atom is 0.248 e. The third-order valence-corrected chi connectivity index (χ3v) is 2.97. The van der Waals surface area contributed by atoms with Crippen molar-refractivity contribution in [3.8, 4) is 5.75 Å². The van der Waals surface area contributed by atoms with Gasteiger partial charge in [-0.2, -0.15) is 0 Å². The lowest BCUT2D eigenvalue weighted by molar-refractivity contribution is -0.127. The second kappa shape index (κ2) is 7.72. The summed E-state index contributed by atoms with van der Waals surface area (Å²) in [7, 11) is 1.53. The molecule has 1 atom stereocenters. The standard InChI is InChI=1S/C13H17ClN2O4/c1-20-11-4-2-8(6-9(11)14)3-5-12(18)16-7-10(17)13(15)19/h2,4,6,10,17H,3,5,7H2,1H3,(H2,15,19)(H,16,18). The Bertz CT molecular complexity index is 493.